The molecule has 2 rings (SSSR count). The molecule has 0 aromatic heterocycles. The van der Waals surface area contributed by atoms with E-state index in [1.165, 1.54) is 36.0 Å². The Bertz CT molecular complexity index is 614. The van der Waals surface area contributed by atoms with Crippen LogP contribution in [-0.2, 0) is 11.2 Å². The third-order valence-electron chi connectivity index (χ3n) is 3.12. The first-order chi connectivity index (χ1) is 10.5. The Labute approximate surface area is 132 Å². The smallest absolute Gasteiger partial charge is 0.233 e. The SMILES string of the molecule is C[C@@H](Sc1ccc(F)cc1)C(=O)NCCc1ccc(F)cc1. The minimum atomic E-state index is -0.291. The van der Waals surface area contributed by atoms with E-state index in [1.54, 1.807) is 31.2 Å². The summed E-state index contributed by atoms with van der Waals surface area (Å²) >= 11 is 1.38. The summed E-state index contributed by atoms with van der Waals surface area (Å²) in [5, 5.41) is 2.58. The number of amides is 1. The molecule has 0 unspecified atom stereocenters. The number of hydrogen-bond donors (Lipinski definition) is 1. The normalized spacial score (nSPS) is 12.0. The van der Waals surface area contributed by atoms with Crippen molar-refractivity contribution in [1.82, 2.24) is 5.32 Å². The van der Waals surface area contributed by atoms with Crippen molar-refractivity contribution >= 4 is 17.7 Å². The molecule has 2 aromatic carbocycles. The summed E-state index contributed by atoms with van der Waals surface area (Å²) in [4.78, 5) is 12.8. The van der Waals surface area contributed by atoms with Crippen LogP contribution < -0.4 is 5.32 Å². The van der Waals surface area contributed by atoms with E-state index in [0.29, 0.717) is 13.0 Å². The van der Waals surface area contributed by atoms with Crippen LogP contribution in [0.25, 0.3) is 0 Å². The second kappa shape index (κ2) is 7.94. The highest BCUT2D eigenvalue weighted by atomic mass is 32.2. The maximum atomic E-state index is 12.8. The van der Waals surface area contributed by atoms with E-state index in [1.807, 2.05) is 0 Å². The fourth-order valence-corrected chi connectivity index (χ4v) is 2.79. The van der Waals surface area contributed by atoms with Gasteiger partial charge in [0, 0.05) is 11.4 Å². The van der Waals surface area contributed by atoms with Crippen LogP contribution in [0.3, 0.4) is 0 Å². The third kappa shape index (κ3) is 5.15. The van der Waals surface area contributed by atoms with Gasteiger partial charge < -0.3 is 5.32 Å². The average Bonchev–Trinajstić information content (AvgIpc) is 2.51. The molecule has 1 atom stereocenters. The molecule has 0 aliphatic carbocycles. The quantitative estimate of drug-likeness (QED) is 0.820. The van der Waals surface area contributed by atoms with E-state index in [4.69, 9.17) is 0 Å². The monoisotopic (exact) mass is 321 g/mol. The summed E-state index contributed by atoms with van der Waals surface area (Å²) in [6.45, 7) is 2.31. The molecule has 0 radical (unpaired) electrons. The van der Waals surface area contributed by atoms with Crippen molar-refractivity contribution in [3.8, 4) is 0 Å². The summed E-state index contributed by atoms with van der Waals surface area (Å²) < 4.78 is 25.6. The lowest BCUT2D eigenvalue weighted by Crippen LogP contribution is -2.32. The van der Waals surface area contributed by atoms with Gasteiger partial charge in [-0.05, 0) is 55.3 Å². The maximum absolute atomic E-state index is 12.8. The van der Waals surface area contributed by atoms with Crippen LogP contribution in [0.2, 0.25) is 0 Å². The Morgan fingerprint density at radius 2 is 1.59 bits per heavy atom. The second-order valence-corrected chi connectivity index (χ2v) is 6.30. The van der Waals surface area contributed by atoms with Crippen LogP contribution in [0, 0.1) is 11.6 Å². The summed E-state index contributed by atoms with van der Waals surface area (Å²) in [6, 6.07) is 12.3. The van der Waals surface area contributed by atoms with Crippen molar-refractivity contribution in [1.29, 1.82) is 0 Å². The molecular formula is C17H17F2NOS. The molecule has 0 bridgehead atoms. The van der Waals surface area contributed by atoms with Gasteiger partial charge in [0.2, 0.25) is 5.91 Å². The zero-order valence-electron chi connectivity index (χ0n) is 12.2. The molecule has 22 heavy (non-hydrogen) atoms. The second-order valence-electron chi connectivity index (χ2n) is 4.88. The topological polar surface area (TPSA) is 29.1 Å². The van der Waals surface area contributed by atoms with Crippen molar-refractivity contribution in [3.05, 3.63) is 65.7 Å². The van der Waals surface area contributed by atoms with Crippen LogP contribution in [0.5, 0.6) is 0 Å². The summed E-state index contributed by atoms with van der Waals surface area (Å²) in [7, 11) is 0. The first-order valence-electron chi connectivity index (χ1n) is 6.99. The van der Waals surface area contributed by atoms with Gasteiger partial charge in [0.05, 0.1) is 5.25 Å². The average molecular weight is 321 g/mol. The summed E-state index contributed by atoms with van der Waals surface area (Å²) in [6.07, 6.45) is 0.653. The van der Waals surface area contributed by atoms with Crippen molar-refractivity contribution in [2.75, 3.05) is 6.54 Å². The molecule has 0 aliphatic heterocycles. The lowest BCUT2D eigenvalue weighted by Gasteiger charge is -2.12. The first-order valence-corrected chi connectivity index (χ1v) is 7.87. The minimum Gasteiger partial charge on any atom is -0.355 e. The summed E-state index contributed by atoms with van der Waals surface area (Å²) in [5.41, 5.74) is 0.973. The molecular weight excluding hydrogens is 304 g/mol. The van der Waals surface area contributed by atoms with Gasteiger partial charge in [-0.15, -0.1) is 11.8 Å². The van der Waals surface area contributed by atoms with Crippen molar-refractivity contribution in [3.63, 3.8) is 0 Å². The largest absolute Gasteiger partial charge is 0.355 e. The molecule has 0 heterocycles. The molecule has 2 aromatic rings. The van der Waals surface area contributed by atoms with E-state index in [0.717, 1.165) is 10.5 Å². The number of thioether (sulfide) groups is 1. The van der Waals surface area contributed by atoms with E-state index < -0.39 is 0 Å². The maximum Gasteiger partial charge on any atom is 0.233 e. The molecule has 0 saturated carbocycles. The fourth-order valence-electron chi connectivity index (χ4n) is 1.90. The van der Waals surface area contributed by atoms with Gasteiger partial charge in [-0.1, -0.05) is 12.1 Å². The number of carbonyl (C=O) groups is 1. The van der Waals surface area contributed by atoms with Crippen molar-refractivity contribution in [2.45, 2.75) is 23.5 Å². The zero-order chi connectivity index (χ0) is 15.9. The Morgan fingerprint density at radius 1 is 1.05 bits per heavy atom. The Hall–Kier alpha value is -1.88. The van der Waals surface area contributed by atoms with E-state index in [2.05, 4.69) is 5.32 Å². The van der Waals surface area contributed by atoms with Crippen LogP contribution in [-0.4, -0.2) is 17.7 Å². The lowest BCUT2D eigenvalue weighted by molar-refractivity contribution is -0.120. The number of carbonyl (C=O) groups excluding carboxylic acids is 1. The molecule has 2 nitrogen and oxygen atoms in total. The highest BCUT2D eigenvalue weighted by molar-refractivity contribution is 8.00. The molecule has 0 spiro atoms. The Morgan fingerprint density at radius 3 is 2.18 bits per heavy atom. The molecule has 1 N–H and O–H groups in total. The van der Waals surface area contributed by atoms with Crippen molar-refractivity contribution < 1.29 is 13.6 Å². The molecule has 5 heteroatoms. The molecule has 0 fully saturated rings. The van der Waals surface area contributed by atoms with Gasteiger partial charge in [-0.2, -0.15) is 0 Å². The van der Waals surface area contributed by atoms with Crippen LogP contribution in [0.15, 0.2) is 53.4 Å². The number of hydrogen-bond acceptors (Lipinski definition) is 2. The van der Waals surface area contributed by atoms with E-state index in [9.17, 15) is 13.6 Å². The van der Waals surface area contributed by atoms with Crippen LogP contribution in [0.1, 0.15) is 12.5 Å². The number of benzene rings is 2. The number of halogens is 2. The van der Waals surface area contributed by atoms with Crippen LogP contribution >= 0.6 is 11.8 Å². The van der Waals surface area contributed by atoms with Gasteiger partial charge in [0.15, 0.2) is 0 Å². The Kier molecular flexibility index (Phi) is 5.95. The standard InChI is InChI=1S/C17H17F2NOS/c1-12(22-16-8-6-15(19)7-9-16)17(21)20-11-10-13-2-4-14(18)5-3-13/h2-9,12H,10-11H2,1H3,(H,20,21)/t12-/m1/s1. The summed E-state index contributed by atoms with van der Waals surface area (Å²) in [5.74, 6) is -0.630. The van der Waals surface area contributed by atoms with Gasteiger partial charge in [-0.3, -0.25) is 4.79 Å². The van der Waals surface area contributed by atoms with Gasteiger partial charge in [0.25, 0.3) is 0 Å². The minimum absolute atomic E-state index is 0.0727. The number of rotatable bonds is 6. The van der Waals surface area contributed by atoms with E-state index in [-0.39, 0.29) is 22.8 Å². The zero-order valence-corrected chi connectivity index (χ0v) is 13.0. The Balaban J connectivity index is 1.76. The fraction of sp³-hybridized carbons (Fsp3) is 0.235. The van der Waals surface area contributed by atoms with Gasteiger partial charge in [0.1, 0.15) is 11.6 Å². The third-order valence-corrected chi connectivity index (χ3v) is 4.23. The molecule has 0 saturated heterocycles. The predicted octanol–water partition coefficient (Wildman–Crippen LogP) is 3.80. The van der Waals surface area contributed by atoms with Gasteiger partial charge in [-0.25, -0.2) is 8.78 Å². The van der Waals surface area contributed by atoms with E-state index >= 15 is 0 Å². The van der Waals surface area contributed by atoms with Crippen molar-refractivity contribution in [2.24, 2.45) is 0 Å². The highest BCUT2D eigenvalue weighted by Crippen LogP contribution is 2.23. The molecule has 0 aliphatic rings. The predicted molar refractivity (Wildman–Crippen MR) is 84.8 cm³/mol. The van der Waals surface area contributed by atoms with Gasteiger partial charge >= 0.3 is 0 Å². The lowest BCUT2D eigenvalue weighted by atomic mass is 10.1. The molecule has 116 valence electrons. The highest BCUT2D eigenvalue weighted by Gasteiger charge is 2.13. The first kappa shape index (κ1) is 16.5. The van der Waals surface area contributed by atoms with Crippen LogP contribution in [0.4, 0.5) is 8.78 Å². The molecule has 1 amide bonds. The number of nitrogens with one attached hydrogen (secondary N) is 1.